The Balaban J connectivity index is 2.14. The molecule has 28 heavy (non-hydrogen) atoms. The first-order chi connectivity index (χ1) is 13.5. The molecule has 6 nitrogen and oxygen atoms in total. The lowest BCUT2D eigenvalue weighted by atomic mass is 10.1. The largest absolute Gasteiger partial charge is 0.461 e. The van der Waals surface area contributed by atoms with Crippen LogP contribution in [0.25, 0.3) is 12.2 Å². The van der Waals surface area contributed by atoms with E-state index in [-0.39, 0.29) is 29.6 Å². The number of hydrogen-bond donors (Lipinski definition) is 1. The van der Waals surface area contributed by atoms with E-state index >= 15 is 0 Å². The molecule has 2 aromatic heterocycles. The van der Waals surface area contributed by atoms with Crippen molar-refractivity contribution in [2.45, 2.75) is 20.4 Å². The van der Waals surface area contributed by atoms with E-state index in [0.717, 1.165) is 11.1 Å². The number of rotatable bonds is 6. The molecule has 3 rings (SSSR count). The van der Waals surface area contributed by atoms with Crippen molar-refractivity contribution in [3.8, 4) is 0 Å². The number of nitrogens with one attached hydrogen (secondary N) is 1. The number of likely N-dealkylation sites (N-methyl/N-ethyl adjacent to an activating group) is 1. The van der Waals surface area contributed by atoms with Gasteiger partial charge in [-0.1, -0.05) is 24.3 Å². The minimum absolute atomic E-state index is 0.151. The van der Waals surface area contributed by atoms with Crippen LogP contribution >= 0.6 is 11.3 Å². The summed E-state index contributed by atoms with van der Waals surface area (Å²) < 4.78 is 7.30. The molecule has 0 atom stereocenters. The van der Waals surface area contributed by atoms with Gasteiger partial charge in [-0.2, -0.15) is 0 Å². The fraction of sp³-hybridized carbons (Fsp3) is 0.190. The van der Waals surface area contributed by atoms with E-state index < -0.39 is 0 Å². The van der Waals surface area contributed by atoms with E-state index in [1.807, 2.05) is 31.2 Å². The molecule has 1 N–H and O–H groups in total. The number of Topliss-reactive ketones (excluding diaryl/α,β-unsaturated/α-hetero) is 1. The Morgan fingerprint density at radius 1 is 1.21 bits per heavy atom. The number of aromatic nitrogens is 1. The monoisotopic (exact) mass is 396 g/mol. The highest BCUT2D eigenvalue weighted by Crippen LogP contribution is 2.07. The molecular weight excluding hydrogens is 376 g/mol. The van der Waals surface area contributed by atoms with Crippen LogP contribution < -0.4 is 20.1 Å². The smallest absolute Gasteiger partial charge is 0.269 e. The second-order valence-electron chi connectivity index (χ2n) is 6.14. The van der Waals surface area contributed by atoms with Crippen LogP contribution in [0.3, 0.4) is 0 Å². The molecule has 1 aromatic carbocycles. The Kier molecular flexibility index (Phi) is 6.06. The molecule has 0 spiro atoms. The van der Waals surface area contributed by atoms with Crippen LogP contribution in [0.2, 0.25) is 0 Å². The Labute approximate surface area is 165 Å². The summed E-state index contributed by atoms with van der Waals surface area (Å²) in [4.78, 5) is 37.4. The Morgan fingerprint density at radius 3 is 2.68 bits per heavy atom. The van der Waals surface area contributed by atoms with Gasteiger partial charge in [0.25, 0.3) is 5.56 Å². The van der Waals surface area contributed by atoms with Crippen molar-refractivity contribution < 1.29 is 14.0 Å². The molecule has 0 aliphatic rings. The molecule has 0 unspecified atom stereocenters. The molecular formula is C21H20N2O4S. The molecule has 0 saturated carbocycles. The highest BCUT2D eigenvalue weighted by atomic mass is 32.1. The van der Waals surface area contributed by atoms with Crippen molar-refractivity contribution in [2.24, 2.45) is 0 Å². The lowest BCUT2D eigenvalue weighted by Crippen LogP contribution is -2.38. The number of thiazole rings is 1. The van der Waals surface area contributed by atoms with Crippen LogP contribution in [-0.2, 0) is 11.3 Å². The Morgan fingerprint density at radius 2 is 2.00 bits per heavy atom. The number of ketones is 1. The van der Waals surface area contributed by atoms with Crippen molar-refractivity contribution in [3.63, 3.8) is 0 Å². The second kappa shape index (κ2) is 8.67. The van der Waals surface area contributed by atoms with Crippen molar-refractivity contribution >= 4 is 35.2 Å². The minimum atomic E-state index is -0.363. The van der Waals surface area contributed by atoms with Crippen molar-refractivity contribution in [2.75, 3.05) is 6.54 Å². The first-order valence-corrected chi connectivity index (χ1v) is 9.64. The van der Waals surface area contributed by atoms with Gasteiger partial charge in [-0.3, -0.25) is 19.0 Å². The predicted octanol–water partition coefficient (Wildman–Crippen LogP) is 1.44. The number of hydrogen-bond acceptors (Lipinski definition) is 5. The van der Waals surface area contributed by atoms with Crippen LogP contribution in [0.1, 0.15) is 28.6 Å². The summed E-state index contributed by atoms with van der Waals surface area (Å²) >= 11 is 1.17. The minimum Gasteiger partial charge on any atom is -0.461 e. The number of carbonyl (C=O) groups excluding carboxylic acids is 2. The Hall–Kier alpha value is -3.19. The van der Waals surface area contributed by atoms with E-state index in [0.29, 0.717) is 15.7 Å². The van der Waals surface area contributed by atoms with Gasteiger partial charge in [0.05, 0.1) is 10.8 Å². The normalized spacial score (nSPS) is 12.4. The topological polar surface area (TPSA) is 81.3 Å². The third kappa shape index (κ3) is 4.37. The third-order valence-corrected chi connectivity index (χ3v) is 5.17. The van der Waals surface area contributed by atoms with Gasteiger partial charge in [0.2, 0.25) is 11.7 Å². The lowest BCUT2D eigenvalue weighted by Gasteiger charge is -2.02. The van der Waals surface area contributed by atoms with Crippen LogP contribution in [0.4, 0.5) is 0 Å². The first kappa shape index (κ1) is 19.6. The fourth-order valence-electron chi connectivity index (χ4n) is 2.68. The molecule has 144 valence electrons. The molecule has 1 amide bonds. The average molecular weight is 396 g/mol. The van der Waals surface area contributed by atoms with E-state index in [1.165, 1.54) is 28.2 Å². The summed E-state index contributed by atoms with van der Waals surface area (Å²) in [6.45, 7) is 4.08. The maximum absolute atomic E-state index is 12.9. The SMILES string of the molecule is CCNC(=O)Cn1c(=O)/c(=C\c2ccccc2C)s/c1=C\C(=O)c1ccco1. The first-order valence-electron chi connectivity index (χ1n) is 8.83. The van der Waals surface area contributed by atoms with E-state index in [4.69, 9.17) is 4.42 Å². The molecule has 7 heteroatoms. The van der Waals surface area contributed by atoms with Gasteiger partial charge >= 0.3 is 0 Å². The predicted molar refractivity (Wildman–Crippen MR) is 109 cm³/mol. The van der Waals surface area contributed by atoms with Crippen molar-refractivity contribution in [1.82, 2.24) is 9.88 Å². The summed E-state index contributed by atoms with van der Waals surface area (Å²) in [7, 11) is 0. The lowest BCUT2D eigenvalue weighted by molar-refractivity contribution is -0.121. The molecule has 2 heterocycles. The molecule has 0 bridgehead atoms. The fourth-order valence-corrected chi connectivity index (χ4v) is 3.71. The quantitative estimate of drug-likeness (QED) is 0.640. The molecule has 0 aliphatic heterocycles. The second-order valence-corrected chi connectivity index (χ2v) is 7.20. The van der Waals surface area contributed by atoms with Gasteiger partial charge in [0.15, 0.2) is 5.76 Å². The highest BCUT2D eigenvalue weighted by molar-refractivity contribution is 7.07. The van der Waals surface area contributed by atoms with Crippen LogP contribution in [-0.4, -0.2) is 22.8 Å². The van der Waals surface area contributed by atoms with Crippen molar-refractivity contribution in [3.05, 3.63) is 79.1 Å². The number of nitrogens with zero attached hydrogens (tertiary/aromatic N) is 1. The summed E-state index contributed by atoms with van der Waals surface area (Å²) in [6, 6.07) is 10.9. The summed E-state index contributed by atoms with van der Waals surface area (Å²) in [5.41, 5.74) is 1.63. The van der Waals surface area contributed by atoms with Gasteiger partial charge in [0, 0.05) is 12.6 Å². The number of aryl methyl sites for hydroxylation is 1. The van der Waals surface area contributed by atoms with Gasteiger partial charge in [-0.25, -0.2) is 0 Å². The zero-order valence-corrected chi connectivity index (χ0v) is 16.4. The molecule has 0 radical (unpaired) electrons. The van der Waals surface area contributed by atoms with E-state index in [9.17, 15) is 14.4 Å². The number of benzene rings is 1. The van der Waals surface area contributed by atoms with Crippen LogP contribution in [0.5, 0.6) is 0 Å². The number of furan rings is 1. The van der Waals surface area contributed by atoms with Gasteiger partial charge < -0.3 is 9.73 Å². The molecule has 0 saturated heterocycles. The summed E-state index contributed by atoms with van der Waals surface area (Å²) in [6.07, 6.45) is 4.53. The summed E-state index contributed by atoms with van der Waals surface area (Å²) in [5.74, 6) is -0.474. The molecule has 0 fully saturated rings. The maximum atomic E-state index is 12.9. The van der Waals surface area contributed by atoms with Crippen LogP contribution in [0, 0.1) is 6.92 Å². The highest BCUT2D eigenvalue weighted by Gasteiger charge is 2.12. The molecule has 3 aromatic rings. The zero-order chi connectivity index (χ0) is 20.1. The Bertz CT molecular complexity index is 1170. The van der Waals surface area contributed by atoms with E-state index in [1.54, 1.807) is 25.1 Å². The number of carbonyl (C=O) groups is 2. The average Bonchev–Trinajstić information content (AvgIpc) is 3.29. The zero-order valence-electron chi connectivity index (χ0n) is 15.6. The van der Waals surface area contributed by atoms with Crippen LogP contribution in [0.15, 0.2) is 51.9 Å². The van der Waals surface area contributed by atoms with Gasteiger partial charge in [-0.15, -0.1) is 11.3 Å². The van der Waals surface area contributed by atoms with Gasteiger partial charge in [0.1, 0.15) is 11.2 Å². The van der Waals surface area contributed by atoms with Crippen molar-refractivity contribution in [1.29, 1.82) is 0 Å². The van der Waals surface area contributed by atoms with Gasteiger partial charge in [-0.05, 0) is 43.2 Å². The third-order valence-electron chi connectivity index (χ3n) is 4.11. The summed E-state index contributed by atoms with van der Waals surface area (Å²) in [5, 5.41) is 2.68. The number of amides is 1. The van der Waals surface area contributed by atoms with E-state index in [2.05, 4.69) is 5.32 Å². The molecule has 0 aliphatic carbocycles. The maximum Gasteiger partial charge on any atom is 0.269 e. The standard InChI is InChI=1S/C21H20N2O4S/c1-3-22-19(25)13-23-20(12-16(24)17-9-6-10-27-17)28-18(21(23)26)11-15-8-5-4-7-14(15)2/h4-12H,3,13H2,1-2H3,(H,22,25)/b18-11+,20-12-.